The van der Waals surface area contributed by atoms with Crippen molar-refractivity contribution in [1.82, 2.24) is 10.2 Å². The molecule has 0 bridgehead atoms. The van der Waals surface area contributed by atoms with Gasteiger partial charge in [-0.2, -0.15) is 0 Å². The molecule has 7 heteroatoms. The lowest BCUT2D eigenvalue weighted by atomic mass is 10.3. The summed E-state index contributed by atoms with van der Waals surface area (Å²) in [5.41, 5.74) is 0.619. The molecule has 0 saturated carbocycles. The minimum Gasteiger partial charge on any atom is -0.324 e. The number of benzene rings is 1. The molecular formula is C11H10BrN3O3. The van der Waals surface area contributed by atoms with Crippen molar-refractivity contribution in [2.45, 2.75) is 0 Å². The highest BCUT2D eigenvalue weighted by atomic mass is 79.9. The molecule has 1 aromatic carbocycles. The van der Waals surface area contributed by atoms with Gasteiger partial charge < -0.3 is 10.2 Å². The van der Waals surface area contributed by atoms with Gasteiger partial charge in [-0.1, -0.05) is 12.1 Å². The molecule has 4 amide bonds. The van der Waals surface area contributed by atoms with Gasteiger partial charge in [-0.3, -0.25) is 14.9 Å². The number of carbonyl (C=O) groups excluding carboxylic acids is 3. The lowest BCUT2D eigenvalue weighted by Gasteiger charge is -2.13. The molecular weight excluding hydrogens is 302 g/mol. The van der Waals surface area contributed by atoms with Gasteiger partial charge in [0.05, 0.1) is 5.69 Å². The first-order valence-electron chi connectivity index (χ1n) is 5.19. The van der Waals surface area contributed by atoms with Gasteiger partial charge in [0.1, 0.15) is 13.1 Å². The number of imide groups is 1. The summed E-state index contributed by atoms with van der Waals surface area (Å²) in [6.45, 7) is -0.235. The molecule has 1 aromatic rings. The number of amides is 4. The Morgan fingerprint density at radius 1 is 1.39 bits per heavy atom. The second-order valence-electron chi connectivity index (χ2n) is 3.74. The first-order valence-corrected chi connectivity index (χ1v) is 5.98. The Morgan fingerprint density at radius 3 is 2.72 bits per heavy atom. The number of rotatable bonds is 3. The first-order chi connectivity index (χ1) is 8.56. The third-order valence-electron chi connectivity index (χ3n) is 2.35. The van der Waals surface area contributed by atoms with Crippen molar-refractivity contribution in [1.29, 1.82) is 0 Å². The zero-order chi connectivity index (χ0) is 13.1. The van der Waals surface area contributed by atoms with Crippen molar-refractivity contribution in [3.05, 3.63) is 28.7 Å². The van der Waals surface area contributed by atoms with E-state index in [1.165, 1.54) is 0 Å². The molecule has 94 valence electrons. The number of hydrogen-bond acceptors (Lipinski definition) is 3. The van der Waals surface area contributed by atoms with E-state index in [4.69, 9.17) is 0 Å². The molecule has 0 radical (unpaired) electrons. The molecule has 0 aromatic heterocycles. The quantitative estimate of drug-likeness (QED) is 0.815. The number of urea groups is 1. The summed E-state index contributed by atoms with van der Waals surface area (Å²) in [5, 5.41) is 4.76. The fourth-order valence-electron chi connectivity index (χ4n) is 1.54. The summed E-state index contributed by atoms with van der Waals surface area (Å²) >= 11 is 3.30. The van der Waals surface area contributed by atoms with Crippen LogP contribution in [0.25, 0.3) is 0 Å². The largest absolute Gasteiger partial charge is 0.325 e. The number of hydrogen-bond donors (Lipinski definition) is 2. The highest BCUT2D eigenvalue weighted by molar-refractivity contribution is 9.10. The van der Waals surface area contributed by atoms with Gasteiger partial charge >= 0.3 is 6.03 Å². The van der Waals surface area contributed by atoms with Crippen LogP contribution >= 0.6 is 15.9 Å². The van der Waals surface area contributed by atoms with Crippen LogP contribution in [0.15, 0.2) is 28.7 Å². The summed E-state index contributed by atoms with van der Waals surface area (Å²) < 4.78 is 0.750. The molecule has 1 heterocycles. The molecule has 1 aliphatic heterocycles. The molecule has 2 rings (SSSR count). The van der Waals surface area contributed by atoms with Gasteiger partial charge in [0.2, 0.25) is 11.8 Å². The summed E-state index contributed by atoms with van der Waals surface area (Å²) in [6, 6.07) is 6.60. The van der Waals surface area contributed by atoms with Crippen molar-refractivity contribution >= 4 is 39.5 Å². The van der Waals surface area contributed by atoms with E-state index < -0.39 is 11.9 Å². The van der Waals surface area contributed by atoms with Crippen LogP contribution < -0.4 is 10.6 Å². The number of anilines is 1. The number of nitrogens with one attached hydrogen (secondary N) is 2. The Hall–Kier alpha value is -1.89. The molecule has 6 nitrogen and oxygen atoms in total. The SMILES string of the molecule is O=C1CN(CC(=O)Nc2ccccc2Br)C(=O)N1. The van der Waals surface area contributed by atoms with E-state index in [0.29, 0.717) is 5.69 Å². The molecule has 1 saturated heterocycles. The number of para-hydroxylation sites is 1. The zero-order valence-electron chi connectivity index (χ0n) is 9.27. The van der Waals surface area contributed by atoms with Gasteiger partial charge in [0.15, 0.2) is 0 Å². The van der Waals surface area contributed by atoms with Gasteiger partial charge in [-0.15, -0.1) is 0 Å². The maximum atomic E-state index is 11.7. The summed E-state index contributed by atoms with van der Waals surface area (Å²) in [5.74, 6) is -0.750. The Balaban J connectivity index is 1.95. The van der Waals surface area contributed by atoms with E-state index in [1.54, 1.807) is 18.2 Å². The normalized spacial score (nSPS) is 14.6. The van der Waals surface area contributed by atoms with E-state index in [2.05, 4.69) is 26.6 Å². The molecule has 0 aliphatic carbocycles. The maximum absolute atomic E-state index is 11.7. The Kier molecular flexibility index (Phi) is 3.61. The molecule has 18 heavy (non-hydrogen) atoms. The van der Waals surface area contributed by atoms with Crippen molar-refractivity contribution in [3.63, 3.8) is 0 Å². The fourth-order valence-corrected chi connectivity index (χ4v) is 1.92. The predicted molar refractivity (Wildman–Crippen MR) is 67.9 cm³/mol. The standard InChI is InChI=1S/C11H10BrN3O3/c12-7-3-1-2-4-8(7)13-9(16)5-15-6-10(17)14-11(15)18/h1-4H,5-6H2,(H,13,16)(H,14,17,18). The van der Waals surface area contributed by atoms with E-state index in [0.717, 1.165) is 9.37 Å². The number of carbonyl (C=O) groups is 3. The summed E-state index contributed by atoms with van der Waals surface area (Å²) in [7, 11) is 0. The lowest BCUT2D eigenvalue weighted by Crippen LogP contribution is -2.35. The van der Waals surface area contributed by atoms with Crippen LogP contribution in [-0.2, 0) is 9.59 Å². The van der Waals surface area contributed by atoms with Crippen molar-refractivity contribution < 1.29 is 14.4 Å². The Morgan fingerprint density at radius 2 is 2.11 bits per heavy atom. The van der Waals surface area contributed by atoms with Gasteiger partial charge in [0.25, 0.3) is 0 Å². The van der Waals surface area contributed by atoms with Crippen molar-refractivity contribution in [2.24, 2.45) is 0 Å². The average molecular weight is 312 g/mol. The molecule has 2 N–H and O–H groups in total. The van der Waals surface area contributed by atoms with Crippen LogP contribution in [0, 0.1) is 0 Å². The summed E-state index contributed by atoms with van der Waals surface area (Å²) in [4.78, 5) is 35.0. The van der Waals surface area contributed by atoms with Gasteiger partial charge in [-0.05, 0) is 28.1 Å². The van der Waals surface area contributed by atoms with E-state index in [-0.39, 0.29) is 19.0 Å². The fraction of sp³-hybridized carbons (Fsp3) is 0.182. The molecule has 0 unspecified atom stereocenters. The lowest BCUT2D eigenvalue weighted by molar-refractivity contribution is -0.119. The molecule has 1 aliphatic rings. The molecule has 0 spiro atoms. The smallest absolute Gasteiger partial charge is 0.324 e. The minimum atomic E-state index is -0.540. The summed E-state index contributed by atoms with van der Waals surface area (Å²) in [6.07, 6.45) is 0. The second kappa shape index (κ2) is 5.18. The average Bonchev–Trinajstić information content (AvgIpc) is 2.61. The minimum absolute atomic E-state index is 0.0811. The van der Waals surface area contributed by atoms with Crippen LogP contribution in [0.5, 0.6) is 0 Å². The van der Waals surface area contributed by atoms with Crippen molar-refractivity contribution in [2.75, 3.05) is 18.4 Å². The van der Waals surface area contributed by atoms with E-state index >= 15 is 0 Å². The third-order valence-corrected chi connectivity index (χ3v) is 3.04. The van der Waals surface area contributed by atoms with Crippen LogP contribution in [0.2, 0.25) is 0 Å². The van der Waals surface area contributed by atoms with Gasteiger partial charge in [0, 0.05) is 4.47 Å². The Labute approximate surface area is 111 Å². The molecule has 0 atom stereocenters. The maximum Gasteiger partial charge on any atom is 0.325 e. The monoisotopic (exact) mass is 311 g/mol. The van der Waals surface area contributed by atoms with Crippen LogP contribution in [-0.4, -0.2) is 35.8 Å². The topological polar surface area (TPSA) is 78.5 Å². The Bertz CT molecular complexity index is 518. The second-order valence-corrected chi connectivity index (χ2v) is 4.59. The first kappa shape index (κ1) is 12.6. The zero-order valence-corrected chi connectivity index (χ0v) is 10.9. The van der Waals surface area contributed by atoms with Crippen LogP contribution in [0.1, 0.15) is 0 Å². The molecule has 1 fully saturated rings. The van der Waals surface area contributed by atoms with E-state index in [1.807, 2.05) is 6.07 Å². The number of halogens is 1. The highest BCUT2D eigenvalue weighted by Crippen LogP contribution is 2.21. The van der Waals surface area contributed by atoms with Gasteiger partial charge in [-0.25, -0.2) is 4.79 Å². The highest BCUT2D eigenvalue weighted by Gasteiger charge is 2.28. The van der Waals surface area contributed by atoms with Crippen LogP contribution in [0.4, 0.5) is 10.5 Å². The number of nitrogens with zero attached hydrogens (tertiary/aromatic N) is 1. The third kappa shape index (κ3) is 2.86. The van der Waals surface area contributed by atoms with E-state index in [9.17, 15) is 14.4 Å². The van der Waals surface area contributed by atoms with Crippen molar-refractivity contribution in [3.8, 4) is 0 Å². The van der Waals surface area contributed by atoms with Crippen LogP contribution in [0.3, 0.4) is 0 Å². The predicted octanol–water partition coefficient (Wildman–Crippen LogP) is 0.939.